The fourth-order valence-corrected chi connectivity index (χ4v) is 1.39. The molecule has 0 aromatic rings. The molecule has 0 unspecified atom stereocenters. The molecule has 0 radical (unpaired) electrons. The minimum atomic E-state index is -3.13. The predicted octanol–water partition coefficient (Wildman–Crippen LogP) is -1.22. The highest BCUT2D eigenvalue weighted by atomic mass is 32.2. The summed E-state index contributed by atoms with van der Waals surface area (Å²) in [6.45, 7) is 2.57. The zero-order valence-electron chi connectivity index (χ0n) is 9.12. The number of hydrogen-bond donors (Lipinski definition) is 3. The highest BCUT2D eigenvalue weighted by Crippen LogP contribution is 1.86. The zero-order chi connectivity index (χ0) is 11.9. The second-order valence-corrected chi connectivity index (χ2v) is 5.16. The van der Waals surface area contributed by atoms with Crippen molar-refractivity contribution in [1.29, 1.82) is 0 Å². The van der Waals surface area contributed by atoms with Crippen molar-refractivity contribution in [2.45, 2.75) is 25.8 Å². The van der Waals surface area contributed by atoms with Gasteiger partial charge >= 0.3 is 0 Å². The van der Waals surface area contributed by atoms with Crippen LogP contribution in [0.3, 0.4) is 0 Å². The third-order valence-electron chi connectivity index (χ3n) is 1.79. The highest BCUT2D eigenvalue weighted by Gasteiger charge is 2.09. The second kappa shape index (κ2) is 6.76. The Morgan fingerprint density at radius 3 is 2.47 bits per heavy atom. The van der Waals surface area contributed by atoms with Crippen molar-refractivity contribution < 1.29 is 13.2 Å². The van der Waals surface area contributed by atoms with Gasteiger partial charge in [-0.3, -0.25) is 4.79 Å². The number of carbonyl (C=O) groups is 1. The molecule has 0 bridgehead atoms. The third-order valence-corrected chi connectivity index (χ3v) is 2.52. The smallest absolute Gasteiger partial charge is 0.236 e. The van der Waals surface area contributed by atoms with E-state index in [-0.39, 0.29) is 5.91 Å². The summed E-state index contributed by atoms with van der Waals surface area (Å²) in [5, 5.41) is 2.62. The molecule has 0 aromatic heterocycles. The lowest BCUT2D eigenvalue weighted by molar-refractivity contribution is -0.122. The maximum atomic E-state index is 11.2. The first-order chi connectivity index (χ1) is 6.87. The molecule has 6 nitrogen and oxygen atoms in total. The first-order valence-electron chi connectivity index (χ1n) is 4.84. The Labute approximate surface area is 90.7 Å². The average molecular weight is 237 g/mol. The van der Waals surface area contributed by atoms with E-state index < -0.39 is 16.1 Å². The normalized spacial score (nSPS) is 13.5. The summed E-state index contributed by atoms with van der Waals surface area (Å²) in [5.41, 5.74) is 5.48. The molecular weight excluding hydrogens is 218 g/mol. The van der Waals surface area contributed by atoms with Gasteiger partial charge in [0.25, 0.3) is 0 Å². The highest BCUT2D eigenvalue weighted by molar-refractivity contribution is 7.88. The molecule has 15 heavy (non-hydrogen) atoms. The largest absolute Gasteiger partial charge is 0.355 e. The van der Waals surface area contributed by atoms with Gasteiger partial charge in [-0.1, -0.05) is 6.92 Å². The van der Waals surface area contributed by atoms with Gasteiger partial charge < -0.3 is 11.1 Å². The molecule has 1 atom stereocenters. The molecule has 0 heterocycles. The zero-order valence-corrected chi connectivity index (χ0v) is 9.93. The van der Waals surface area contributed by atoms with Gasteiger partial charge in [-0.2, -0.15) is 0 Å². The number of nitrogens with one attached hydrogen (secondary N) is 2. The summed E-state index contributed by atoms with van der Waals surface area (Å²) in [7, 11) is -3.13. The van der Waals surface area contributed by atoms with Crippen LogP contribution in [0, 0.1) is 0 Å². The molecular formula is C8H19N3O3S. The molecule has 0 aliphatic heterocycles. The fraction of sp³-hybridized carbons (Fsp3) is 0.875. The van der Waals surface area contributed by atoms with Gasteiger partial charge in [-0.05, 0) is 12.8 Å². The van der Waals surface area contributed by atoms with Crippen LogP contribution >= 0.6 is 0 Å². The molecule has 0 aliphatic carbocycles. The lowest BCUT2D eigenvalue weighted by Gasteiger charge is -2.09. The molecule has 0 spiro atoms. The minimum Gasteiger partial charge on any atom is -0.355 e. The average Bonchev–Trinajstić information content (AvgIpc) is 2.14. The number of sulfonamides is 1. The van der Waals surface area contributed by atoms with Crippen LogP contribution in [0.1, 0.15) is 19.8 Å². The monoisotopic (exact) mass is 237 g/mol. The Kier molecular flexibility index (Phi) is 6.46. The van der Waals surface area contributed by atoms with Gasteiger partial charge in [0, 0.05) is 13.1 Å². The quantitative estimate of drug-likeness (QED) is 0.483. The Balaban J connectivity index is 3.51. The molecule has 1 amide bonds. The van der Waals surface area contributed by atoms with Gasteiger partial charge in [-0.25, -0.2) is 13.1 Å². The molecule has 0 aliphatic rings. The standard InChI is InChI=1S/C8H19N3O3S/c1-3-7(9)8(12)10-5-4-6-11-15(2,13)14/h7,11H,3-6,9H2,1-2H3,(H,10,12)/t7-/m1/s1. The molecule has 0 aromatic carbocycles. The molecule has 7 heteroatoms. The Hall–Kier alpha value is -0.660. The van der Waals surface area contributed by atoms with Crippen molar-refractivity contribution >= 4 is 15.9 Å². The molecule has 0 saturated heterocycles. The first kappa shape index (κ1) is 14.3. The maximum Gasteiger partial charge on any atom is 0.236 e. The van der Waals surface area contributed by atoms with E-state index in [9.17, 15) is 13.2 Å². The maximum absolute atomic E-state index is 11.2. The molecule has 0 fully saturated rings. The Morgan fingerprint density at radius 2 is 2.00 bits per heavy atom. The SMILES string of the molecule is CC[C@@H](N)C(=O)NCCCNS(C)(=O)=O. The van der Waals surface area contributed by atoms with Crippen molar-refractivity contribution in [3.05, 3.63) is 0 Å². The van der Waals surface area contributed by atoms with E-state index in [1.165, 1.54) is 0 Å². The lowest BCUT2D eigenvalue weighted by Crippen LogP contribution is -2.41. The van der Waals surface area contributed by atoms with Crippen LogP contribution in [0.15, 0.2) is 0 Å². The van der Waals surface area contributed by atoms with E-state index in [0.29, 0.717) is 25.9 Å². The van der Waals surface area contributed by atoms with E-state index in [0.717, 1.165) is 6.26 Å². The van der Waals surface area contributed by atoms with Gasteiger partial charge in [0.1, 0.15) is 0 Å². The van der Waals surface area contributed by atoms with Crippen LogP contribution in [0.25, 0.3) is 0 Å². The third kappa shape index (κ3) is 8.34. The minimum absolute atomic E-state index is 0.197. The fourth-order valence-electron chi connectivity index (χ4n) is 0.874. The summed E-state index contributed by atoms with van der Waals surface area (Å²) < 4.78 is 23.7. The van der Waals surface area contributed by atoms with E-state index in [1.807, 2.05) is 6.92 Å². The van der Waals surface area contributed by atoms with Crippen molar-refractivity contribution in [3.8, 4) is 0 Å². The summed E-state index contributed by atoms with van der Waals surface area (Å²) in [4.78, 5) is 11.2. The first-order valence-corrected chi connectivity index (χ1v) is 6.74. The van der Waals surface area contributed by atoms with Gasteiger partial charge in [0.2, 0.25) is 15.9 Å². The van der Waals surface area contributed by atoms with E-state index in [2.05, 4.69) is 10.0 Å². The molecule has 90 valence electrons. The second-order valence-electron chi connectivity index (χ2n) is 3.33. The van der Waals surface area contributed by atoms with Gasteiger partial charge in [-0.15, -0.1) is 0 Å². The van der Waals surface area contributed by atoms with Crippen LogP contribution in [-0.4, -0.2) is 39.7 Å². The number of rotatable bonds is 7. The van der Waals surface area contributed by atoms with Crippen LogP contribution < -0.4 is 15.8 Å². The van der Waals surface area contributed by atoms with Crippen molar-refractivity contribution in [2.75, 3.05) is 19.3 Å². The topological polar surface area (TPSA) is 101 Å². The van der Waals surface area contributed by atoms with Crippen LogP contribution in [0.4, 0.5) is 0 Å². The summed E-state index contributed by atoms with van der Waals surface area (Å²) in [6, 6.07) is -0.479. The number of carbonyl (C=O) groups excluding carboxylic acids is 1. The van der Waals surface area contributed by atoms with E-state index >= 15 is 0 Å². The Morgan fingerprint density at radius 1 is 1.40 bits per heavy atom. The van der Waals surface area contributed by atoms with Gasteiger partial charge in [0.15, 0.2) is 0 Å². The molecule has 0 rings (SSSR count). The van der Waals surface area contributed by atoms with Crippen LogP contribution in [-0.2, 0) is 14.8 Å². The van der Waals surface area contributed by atoms with Crippen molar-refractivity contribution in [3.63, 3.8) is 0 Å². The van der Waals surface area contributed by atoms with Crippen molar-refractivity contribution in [2.24, 2.45) is 5.73 Å². The molecule has 0 saturated carbocycles. The van der Waals surface area contributed by atoms with Gasteiger partial charge in [0.05, 0.1) is 12.3 Å². The number of nitrogens with two attached hydrogens (primary N) is 1. The number of hydrogen-bond acceptors (Lipinski definition) is 4. The number of amides is 1. The summed E-state index contributed by atoms with van der Waals surface area (Å²) >= 11 is 0. The van der Waals surface area contributed by atoms with Crippen LogP contribution in [0.5, 0.6) is 0 Å². The van der Waals surface area contributed by atoms with Crippen molar-refractivity contribution in [1.82, 2.24) is 10.0 Å². The van der Waals surface area contributed by atoms with E-state index in [4.69, 9.17) is 5.73 Å². The van der Waals surface area contributed by atoms with Crippen LogP contribution in [0.2, 0.25) is 0 Å². The van der Waals surface area contributed by atoms with E-state index in [1.54, 1.807) is 0 Å². The summed E-state index contributed by atoms with van der Waals surface area (Å²) in [6.07, 6.45) is 2.24. The molecule has 4 N–H and O–H groups in total. The summed E-state index contributed by atoms with van der Waals surface area (Å²) in [5.74, 6) is -0.197. The Bertz CT molecular complexity index is 290. The predicted molar refractivity (Wildman–Crippen MR) is 58.7 cm³/mol. The lowest BCUT2D eigenvalue weighted by atomic mass is 10.2.